The fourth-order valence-corrected chi connectivity index (χ4v) is 3.70. The Morgan fingerprint density at radius 2 is 2.15 bits per heavy atom. The van der Waals surface area contributed by atoms with Crippen LogP contribution in [0.5, 0.6) is 5.75 Å². The number of fused-ring (bicyclic) bond motifs is 2. The van der Waals surface area contributed by atoms with Crippen molar-refractivity contribution in [3.8, 4) is 5.75 Å². The van der Waals surface area contributed by atoms with Gasteiger partial charge in [-0.2, -0.15) is 0 Å². The lowest BCUT2D eigenvalue weighted by Crippen LogP contribution is -2.31. The number of carboxylic acids is 1. The molecule has 0 unspecified atom stereocenters. The number of aromatic carboxylic acids is 1. The normalized spacial score (nSPS) is 14.2. The molecule has 1 aromatic heterocycles. The van der Waals surface area contributed by atoms with Crippen molar-refractivity contribution in [3.05, 3.63) is 70.9 Å². The molecule has 3 aromatic rings. The monoisotopic (exact) mass is 348 g/mol. The van der Waals surface area contributed by atoms with Crippen LogP contribution in [0.2, 0.25) is 0 Å². The van der Waals surface area contributed by atoms with E-state index in [2.05, 4.69) is 22.0 Å². The molecule has 0 radical (unpaired) electrons. The smallest absolute Gasteiger partial charge is 0.335 e. The number of carboxylic acid groups (broad SMARTS) is 1. The number of hydrogen-bond donors (Lipinski definition) is 1. The number of nitrogens with zero attached hydrogens (tertiary/aromatic N) is 2. The lowest BCUT2D eigenvalue weighted by Gasteiger charge is -2.29. The highest BCUT2D eigenvalue weighted by molar-refractivity contribution is 5.90. The average Bonchev–Trinajstić information content (AvgIpc) is 2.67. The first-order valence-corrected chi connectivity index (χ1v) is 8.64. The van der Waals surface area contributed by atoms with Crippen molar-refractivity contribution in [2.24, 2.45) is 0 Å². The fraction of sp³-hybridized carbons (Fsp3) is 0.238. The van der Waals surface area contributed by atoms with Gasteiger partial charge in [-0.05, 0) is 47.4 Å². The van der Waals surface area contributed by atoms with Crippen LogP contribution in [0.3, 0.4) is 0 Å². The van der Waals surface area contributed by atoms with Gasteiger partial charge in [0.25, 0.3) is 0 Å². The second-order valence-corrected chi connectivity index (χ2v) is 6.56. The van der Waals surface area contributed by atoms with E-state index in [4.69, 9.17) is 4.74 Å². The van der Waals surface area contributed by atoms with E-state index in [9.17, 15) is 9.90 Å². The lowest BCUT2D eigenvalue weighted by atomic mass is 9.94. The molecular formula is C21H20N2O3. The van der Waals surface area contributed by atoms with E-state index in [1.54, 1.807) is 13.2 Å². The van der Waals surface area contributed by atoms with Crippen molar-refractivity contribution >= 4 is 16.9 Å². The first-order chi connectivity index (χ1) is 12.7. The van der Waals surface area contributed by atoms with E-state index in [0.717, 1.165) is 53.8 Å². The van der Waals surface area contributed by atoms with Crippen LogP contribution in [-0.4, -0.2) is 34.6 Å². The standard InChI is InChI=1S/C21H20N2O3/c1-26-16-5-6-18-15(7-9-22-20(18)11-16)13-23-10-8-17-14(12-23)3-2-4-19(17)21(24)25/h2-7,9,11H,8,10,12-13H2,1H3,(H,24,25). The minimum atomic E-state index is -0.843. The molecule has 2 aromatic carbocycles. The summed E-state index contributed by atoms with van der Waals surface area (Å²) in [6.07, 6.45) is 2.59. The molecule has 0 aliphatic carbocycles. The van der Waals surface area contributed by atoms with Crippen molar-refractivity contribution in [1.29, 1.82) is 0 Å². The van der Waals surface area contributed by atoms with Gasteiger partial charge >= 0.3 is 5.97 Å². The maximum absolute atomic E-state index is 11.4. The number of aromatic nitrogens is 1. The van der Waals surface area contributed by atoms with Gasteiger partial charge in [-0.15, -0.1) is 0 Å². The molecule has 2 heterocycles. The number of carbonyl (C=O) groups is 1. The summed E-state index contributed by atoms with van der Waals surface area (Å²) in [5.41, 5.74) is 4.66. The largest absolute Gasteiger partial charge is 0.497 e. The van der Waals surface area contributed by atoms with Crippen molar-refractivity contribution < 1.29 is 14.6 Å². The third-order valence-corrected chi connectivity index (χ3v) is 5.01. The van der Waals surface area contributed by atoms with Gasteiger partial charge in [0.15, 0.2) is 0 Å². The Labute approximate surface area is 151 Å². The third-order valence-electron chi connectivity index (χ3n) is 5.01. The van der Waals surface area contributed by atoms with Crippen molar-refractivity contribution in [2.45, 2.75) is 19.5 Å². The number of benzene rings is 2. The highest BCUT2D eigenvalue weighted by Gasteiger charge is 2.21. The predicted molar refractivity (Wildman–Crippen MR) is 99.5 cm³/mol. The van der Waals surface area contributed by atoms with Crippen molar-refractivity contribution in [3.63, 3.8) is 0 Å². The zero-order valence-corrected chi connectivity index (χ0v) is 14.6. The molecule has 0 amide bonds. The topological polar surface area (TPSA) is 62.7 Å². The Bertz CT molecular complexity index is 984. The summed E-state index contributed by atoms with van der Waals surface area (Å²) in [5, 5.41) is 10.5. The van der Waals surface area contributed by atoms with Crippen LogP contribution in [0.1, 0.15) is 27.0 Å². The molecule has 132 valence electrons. The Morgan fingerprint density at radius 1 is 1.27 bits per heavy atom. The molecule has 1 aliphatic heterocycles. The summed E-state index contributed by atoms with van der Waals surface area (Å²) in [6.45, 7) is 2.41. The highest BCUT2D eigenvalue weighted by Crippen LogP contribution is 2.27. The van der Waals surface area contributed by atoms with Gasteiger partial charge in [0.1, 0.15) is 5.75 Å². The van der Waals surface area contributed by atoms with E-state index >= 15 is 0 Å². The maximum Gasteiger partial charge on any atom is 0.335 e. The number of pyridine rings is 1. The number of ether oxygens (including phenoxy) is 1. The van der Waals surface area contributed by atoms with Gasteiger partial charge in [0.05, 0.1) is 18.2 Å². The summed E-state index contributed by atoms with van der Waals surface area (Å²) >= 11 is 0. The number of hydrogen-bond acceptors (Lipinski definition) is 4. The molecule has 5 nitrogen and oxygen atoms in total. The van der Waals surface area contributed by atoms with Gasteiger partial charge in [-0.3, -0.25) is 9.88 Å². The zero-order valence-electron chi connectivity index (χ0n) is 14.6. The molecule has 4 rings (SSSR count). The third kappa shape index (κ3) is 3.02. The molecule has 0 saturated heterocycles. The zero-order chi connectivity index (χ0) is 18.1. The molecular weight excluding hydrogens is 328 g/mol. The molecule has 0 saturated carbocycles. The summed E-state index contributed by atoms with van der Waals surface area (Å²) < 4.78 is 5.28. The van der Waals surface area contributed by atoms with E-state index in [0.29, 0.717) is 5.56 Å². The van der Waals surface area contributed by atoms with Crippen molar-refractivity contribution in [2.75, 3.05) is 13.7 Å². The molecule has 1 aliphatic rings. The Hall–Kier alpha value is -2.92. The second kappa shape index (κ2) is 6.77. The minimum Gasteiger partial charge on any atom is -0.497 e. The van der Waals surface area contributed by atoms with E-state index in [1.165, 1.54) is 5.56 Å². The molecule has 1 N–H and O–H groups in total. The number of rotatable bonds is 4. The quantitative estimate of drug-likeness (QED) is 0.782. The van der Waals surface area contributed by atoms with E-state index in [-0.39, 0.29) is 0 Å². The Balaban J connectivity index is 1.60. The van der Waals surface area contributed by atoms with Gasteiger partial charge < -0.3 is 9.84 Å². The van der Waals surface area contributed by atoms with Crippen LogP contribution in [0, 0.1) is 0 Å². The van der Waals surface area contributed by atoms with Crippen LogP contribution in [-0.2, 0) is 19.5 Å². The van der Waals surface area contributed by atoms with Crippen LogP contribution in [0.4, 0.5) is 0 Å². The molecule has 0 fully saturated rings. The SMILES string of the molecule is COc1ccc2c(CN3CCc4c(cccc4C(=O)O)C3)ccnc2c1. The van der Waals surface area contributed by atoms with Gasteiger partial charge in [0, 0.05) is 37.3 Å². The molecule has 5 heteroatoms. The second-order valence-electron chi connectivity index (χ2n) is 6.56. The maximum atomic E-state index is 11.4. The van der Waals surface area contributed by atoms with Crippen LogP contribution < -0.4 is 4.74 Å². The predicted octanol–water partition coefficient (Wildman–Crippen LogP) is 3.50. The molecule has 26 heavy (non-hydrogen) atoms. The van der Waals surface area contributed by atoms with Gasteiger partial charge in [-0.1, -0.05) is 12.1 Å². The summed E-state index contributed by atoms with van der Waals surface area (Å²) in [5.74, 6) is -0.0420. The van der Waals surface area contributed by atoms with Crippen LogP contribution in [0.15, 0.2) is 48.7 Å². The average molecular weight is 348 g/mol. The van der Waals surface area contributed by atoms with E-state index in [1.807, 2.05) is 30.5 Å². The summed E-state index contributed by atoms with van der Waals surface area (Å²) in [7, 11) is 1.65. The highest BCUT2D eigenvalue weighted by atomic mass is 16.5. The van der Waals surface area contributed by atoms with Gasteiger partial charge in [-0.25, -0.2) is 4.79 Å². The molecule has 0 atom stereocenters. The van der Waals surface area contributed by atoms with Gasteiger partial charge in [0.2, 0.25) is 0 Å². The minimum absolute atomic E-state index is 0.434. The fourth-order valence-electron chi connectivity index (χ4n) is 3.70. The van der Waals surface area contributed by atoms with Crippen LogP contribution in [0.25, 0.3) is 10.9 Å². The summed E-state index contributed by atoms with van der Waals surface area (Å²) in [4.78, 5) is 18.2. The molecule has 0 bridgehead atoms. The Kier molecular flexibility index (Phi) is 4.31. The first-order valence-electron chi connectivity index (χ1n) is 8.64. The van der Waals surface area contributed by atoms with E-state index < -0.39 is 5.97 Å². The Morgan fingerprint density at radius 3 is 2.96 bits per heavy atom. The number of methoxy groups -OCH3 is 1. The first kappa shape index (κ1) is 16.5. The van der Waals surface area contributed by atoms with Crippen LogP contribution >= 0.6 is 0 Å². The molecule has 0 spiro atoms. The summed E-state index contributed by atoms with van der Waals surface area (Å²) in [6, 6.07) is 13.6. The lowest BCUT2D eigenvalue weighted by molar-refractivity contribution is 0.0694. The van der Waals surface area contributed by atoms with Crippen molar-refractivity contribution in [1.82, 2.24) is 9.88 Å².